The highest BCUT2D eigenvalue weighted by atomic mass is 19.1. The second-order valence-electron chi connectivity index (χ2n) is 4.37. The molecule has 0 spiro atoms. The molecule has 1 atom stereocenters. The van der Waals surface area contributed by atoms with Crippen molar-refractivity contribution in [3.8, 4) is 0 Å². The van der Waals surface area contributed by atoms with Crippen molar-refractivity contribution in [1.82, 2.24) is 0 Å². The Morgan fingerprint density at radius 2 is 1.94 bits per heavy atom. The SMILES string of the molecule is CCN(c1ccc(F)cc1C(C)N)C(C)C. The predicted molar refractivity (Wildman–Crippen MR) is 67.2 cm³/mol. The fourth-order valence-corrected chi connectivity index (χ4v) is 1.97. The summed E-state index contributed by atoms with van der Waals surface area (Å²) < 4.78 is 13.2. The van der Waals surface area contributed by atoms with E-state index in [0.29, 0.717) is 6.04 Å². The molecule has 1 rings (SSSR count). The van der Waals surface area contributed by atoms with Crippen LogP contribution in [0.2, 0.25) is 0 Å². The molecule has 90 valence electrons. The lowest BCUT2D eigenvalue weighted by Gasteiger charge is -2.30. The molecule has 2 nitrogen and oxygen atoms in total. The molecular weight excluding hydrogens is 203 g/mol. The molecule has 3 heteroatoms. The van der Waals surface area contributed by atoms with Gasteiger partial charge in [-0.15, -0.1) is 0 Å². The summed E-state index contributed by atoms with van der Waals surface area (Å²) in [4.78, 5) is 2.22. The van der Waals surface area contributed by atoms with E-state index in [0.717, 1.165) is 17.8 Å². The maximum atomic E-state index is 13.2. The number of halogens is 1. The third-order valence-corrected chi connectivity index (χ3v) is 2.75. The molecule has 1 unspecified atom stereocenters. The van der Waals surface area contributed by atoms with Gasteiger partial charge in [0.15, 0.2) is 0 Å². The van der Waals surface area contributed by atoms with Crippen molar-refractivity contribution >= 4 is 5.69 Å². The highest BCUT2D eigenvalue weighted by Crippen LogP contribution is 2.27. The summed E-state index contributed by atoms with van der Waals surface area (Å²) in [6.07, 6.45) is 0. The van der Waals surface area contributed by atoms with Gasteiger partial charge in [-0.1, -0.05) is 0 Å². The van der Waals surface area contributed by atoms with E-state index < -0.39 is 0 Å². The monoisotopic (exact) mass is 224 g/mol. The van der Waals surface area contributed by atoms with Crippen LogP contribution in [-0.2, 0) is 0 Å². The summed E-state index contributed by atoms with van der Waals surface area (Å²) >= 11 is 0. The topological polar surface area (TPSA) is 29.3 Å². The number of hydrogen-bond donors (Lipinski definition) is 1. The highest BCUT2D eigenvalue weighted by Gasteiger charge is 2.15. The fraction of sp³-hybridized carbons (Fsp3) is 0.538. The van der Waals surface area contributed by atoms with E-state index in [1.165, 1.54) is 12.1 Å². The van der Waals surface area contributed by atoms with Crippen LogP contribution in [-0.4, -0.2) is 12.6 Å². The minimum absolute atomic E-state index is 0.154. The molecule has 16 heavy (non-hydrogen) atoms. The molecule has 0 aliphatic heterocycles. The minimum Gasteiger partial charge on any atom is -0.369 e. The third-order valence-electron chi connectivity index (χ3n) is 2.75. The van der Waals surface area contributed by atoms with Crippen molar-refractivity contribution in [1.29, 1.82) is 0 Å². The number of nitrogens with zero attached hydrogens (tertiary/aromatic N) is 1. The van der Waals surface area contributed by atoms with Gasteiger partial charge >= 0.3 is 0 Å². The molecule has 0 saturated carbocycles. The minimum atomic E-state index is -0.226. The van der Waals surface area contributed by atoms with Crippen LogP contribution in [0.1, 0.15) is 39.3 Å². The molecular formula is C13H21FN2. The Hall–Kier alpha value is -1.09. The van der Waals surface area contributed by atoms with E-state index in [4.69, 9.17) is 5.73 Å². The van der Waals surface area contributed by atoms with Gasteiger partial charge in [0, 0.05) is 24.3 Å². The number of nitrogens with two attached hydrogens (primary N) is 1. The quantitative estimate of drug-likeness (QED) is 0.851. The lowest BCUT2D eigenvalue weighted by Crippen LogP contribution is -2.31. The van der Waals surface area contributed by atoms with Crippen LogP contribution in [0.5, 0.6) is 0 Å². The van der Waals surface area contributed by atoms with Crippen LogP contribution in [0, 0.1) is 5.82 Å². The van der Waals surface area contributed by atoms with Crippen molar-refractivity contribution in [3.63, 3.8) is 0 Å². The molecule has 1 aromatic carbocycles. The van der Waals surface area contributed by atoms with Gasteiger partial charge in [0.2, 0.25) is 0 Å². The van der Waals surface area contributed by atoms with Gasteiger partial charge in [-0.3, -0.25) is 0 Å². The zero-order valence-electron chi connectivity index (χ0n) is 10.5. The normalized spacial score (nSPS) is 12.9. The van der Waals surface area contributed by atoms with Crippen molar-refractivity contribution in [2.75, 3.05) is 11.4 Å². The van der Waals surface area contributed by atoms with E-state index in [-0.39, 0.29) is 11.9 Å². The number of hydrogen-bond acceptors (Lipinski definition) is 2. The molecule has 2 N–H and O–H groups in total. The summed E-state index contributed by atoms with van der Waals surface area (Å²) in [6.45, 7) is 9.11. The highest BCUT2D eigenvalue weighted by molar-refractivity contribution is 5.55. The Kier molecular flexibility index (Phi) is 4.30. The maximum Gasteiger partial charge on any atom is 0.123 e. The van der Waals surface area contributed by atoms with Crippen LogP contribution in [0.3, 0.4) is 0 Å². The second-order valence-corrected chi connectivity index (χ2v) is 4.37. The van der Waals surface area contributed by atoms with E-state index >= 15 is 0 Å². The second kappa shape index (κ2) is 5.30. The molecule has 0 aliphatic rings. The van der Waals surface area contributed by atoms with Crippen molar-refractivity contribution < 1.29 is 4.39 Å². The first-order chi connectivity index (χ1) is 7.47. The largest absolute Gasteiger partial charge is 0.369 e. The Morgan fingerprint density at radius 3 is 2.38 bits per heavy atom. The van der Waals surface area contributed by atoms with Crippen LogP contribution in [0.25, 0.3) is 0 Å². The summed E-state index contributed by atoms with van der Waals surface area (Å²) in [7, 11) is 0. The van der Waals surface area contributed by atoms with Crippen molar-refractivity contribution in [3.05, 3.63) is 29.6 Å². The van der Waals surface area contributed by atoms with Crippen molar-refractivity contribution in [2.24, 2.45) is 5.73 Å². The van der Waals surface area contributed by atoms with E-state index in [1.54, 1.807) is 0 Å². The maximum absolute atomic E-state index is 13.2. The molecule has 1 aromatic rings. The smallest absolute Gasteiger partial charge is 0.123 e. The Bertz CT molecular complexity index is 348. The summed E-state index contributed by atoms with van der Waals surface area (Å²) in [6, 6.07) is 5.07. The van der Waals surface area contributed by atoms with Gasteiger partial charge in [-0.2, -0.15) is 0 Å². The molecule has 0 bridgehead atoms. The van der Waals surface area contributed by atoms with Gasteiger partial charge in [-0.05, 0) is 51.5 Å². The molecule has 0 radical (unpaired) electrons. The average Bonchev–Trinajstić information content (AvgIpc) is 2.20. The Morgan fingerprint density at radius 1 is 1.31 bits per heavy atom. The van der Waals surface area contributed by atoms with Crippen LogP contribution >= 0.6 is 0 Å². The summed E-state index contributed by atoms with van der Waals surface area (Å²) in [5.74, 6) is -0.226. The summed E-state index contributed by atoms with van der Waals surface area (Å²) in [5.41, 5.74) is 7.79. The van der Waals surface area contributed by atoms with Gasteiger partial charge in [0.05, 0.1) is 0 Å². The zero-order valence-corrected chi connectivity index (χ0v) is 10.5. The molecule has 0 saturated heterocycles. The Labute approximate surface area is 97.3 Å². The van der Waals surface area contributed by atoms with Gasteiger partial charge in [-0.25, -0.2) is 4.39 Å². The molecule has 0 heterocycles. The molecule has 0 fully saturated rings. The lowest BCUT2D eigenvalue weighted by atomic mass is 10.0. The molecule has 0 amide bonds. The number of rotatable bonds is 4. The van der Waals surface area contributed by atoms with E-state index in [1.807, 2.05) is 13.0 Å². The van der Waals surface area contributed by atoms with Gasteiger partial charge < -0.3 is 10.6 Å². The fourth-order valence-electron chi connectivity index (χ4n) is 1.97. The van der Waals surface area contributed by atoms with Crippen molar-refractivity contribution in [2.45, 2.75) is 39.8 Å². The standard InChI is InChI=1S/C13H21FN2/c1-5-16(9(2)3)13-7-6-11(14)8-12(13)10(4)15/h6-10H,5,15H2,1-4H3. The average molecular weight is 224 g/mol. The molecule has 0 aromatic heterocycles. The van der Waals surface area contributed by atoms with Gasteiger partial charge in [0.25, 0.3) is 0 Å². The molecule has 0 aliphatic carbocycles. The van der Waals surface area contributed by atoms with E-state index in [9.17, 15) is 4.39 Å². The van der Waals surface area contributed by atoms with Crippen LogP contribution < -0.4 is 10.6 Å². The van der Waals surface area contributed by atoms with Crippen LogP contribution in [0.4, 0.5) is 10.1 Å². The number of anilines is 1. The zero-order chi connectivity index (χ0) is 12.3. The first kappa shape index (κ1) is 13.0. The first-order valence-corrected chi connectivity index (χ1v) is 5.79. The van der Waals surface area contributed by atoms with Gasteiger partial charge in [0.1, 0.15) is 5.82 Å². The Balaban J connectivity index is 3.20. The predicted octanol–water partition coefficient (Wildman–Crippen LogP) is 3.08. The van der Waals surface area contributed by atoms with Crippen LogP contribution in [0.15, 0.2) is 18.2 Å². The summed E-state index contributed by atoms with van der Waals surface area (Å²) in [5, 5.41) is 0. The first-order valence-electron chi connectivity index (χ1n) is 5.79. The third kappa shape index (κ3) is 2.73. The van der Waals surface area contributed by atoms with E-state index in [2.05, 4.69) is 25.7 Å². The number of benzene rings is 1. The lowest BCUT2D eigenvalue weighted by molar-refractivity contribution is 0.619.